The van der Waals surface area contributed by atoms with Gasteiger partial charge in [-0.3, -0.25) is 4.98 Å². The fourth-order valence-corrected chi connectivity index (χ4v) is 4.28. The second-order valence-electron chi connectivity index (χ2n) is 6.27. The number of hydrogen-bond acceptors (Lipinski definition) is 4. The Balaban J connectivity index is 1.63. The minimum absolute atomic E-state index is 0.104. The number of fused-ring (bicyclic) bond motifs is 4. The molecule has 0 amide bonds. The van der Waals surface area contributed by atoms with Crippen molar-refractivity contribution in [2.45, 2.75) is 4.90 Å². The van der Waals surface area contributed by atoms with Crippen LogP contribution in [0, 0.1) is 0 Å². The molecule has 5 rings (SSSR count). The van der Waals surface area contributed by atoms with Crippen molar-refractivity contribution >= 4 is 42.7 Å². The summed E-state index contributed by atoms with van der Waals surface area (Å²) in [6, 6.07) is 19.6. The molecule has 2 aromatic heterocycles. The first-order valence-corrected chi connectivity index (χ1v) is 9.80. The van der Waals surface area contributed by atoms with Gasteiger partial charge in [-0.15, -0.1) is 0 Å². The Hall–Kier alpha value is -3.38. The van der Waals surface area contributed by atoms with Crippen LogP contribution in [0.2, 0.25) is 0 Å². The fourth-order valence-electron chi connectivity index (χ4n) is 3.31. The topological polar surface area (TPSA) is 72.1 Å². The van der Waals surface area contributed by atoms with Gasteiger partial charge in [-0.2, -0.15) is 8.42 Å². The van der Waals surface area contributed by atoms with Crippen molar-refractivity contribution in [1.29, 1.82) is 0 Å². The number of nitrogens with zero attached hydrogens (tertiary/aromatic N) is 1. The van der Waals surface area contributed by atoms with Gasteiger partial charge in [-0.1, -0.05) is 36.4 Å². The highest BCUT2D eigenvalue weighted by Crippen LogP contribution is 2.30. The van der Waals surface area contributed by atoms with Gasteiger partial charge in [0, 0.05) is 39.6 Å². The minimum Gasteiger partial charge on any atom is -0.378 e. The first kappa shape index (κ1) is 15.8. The molecule has 5 nitrogen and oxygen atoms in total. The van der Waals surface area contributed by atoms with E-state index >= 15 is 0 Å². The molecule has 0 aliphatic heterocycles. The van der Waals surface area contributed by atoms with Crippen molar-refractivity contribution in [3.8, 4) is 5.75 Å². The summed E-state index contributed by atoms with van der Waals surface area (Å²) in [6.45, 7) is 0. The quantitative estimate of drug-likeness (QED) is 0.467. The lowest BCUT2D eigenvalue weighted by molar-refractivity contribution is 0.489. The summed E-state index contributed by atoms with van der Waals surface area (Å²) in [4.78, 5) is 7.49. The van der Waals surface area contributed by atoms with E-state index in [1.165, 1.54) is 0 Å². The molecule has 0 spiro atoms. The molecule has 6 heteroatoms. The summed E-state index contributed by atoms with van der Waals surface area (Å²) in [7, 11) is -3.98. The van der Waals surface area contributed by atoms with Crippen LogP contribution >= 0.6 is 0 Å². The molecule has 0 radical (unpaired) electrons. The van der Waals surface area contributed by atoms with Crippen LogP contribution in [0.4, 0.5) is 0 Å². The van der Waals surface area contributed by atoms with Gasteiger partial charge in [0.2, 0.25) is 0 Å². The molecule has 0 bridgehead atoms. The Kier molecular flexibility index (Phi) is 3.42. The zero-order valence-corrected chi connectivity index (χ0v) is 14.9. The van der Waals surface area contributed by atoms with Crippen LogP contribution in [0.15, 0.2) is 84.0 Å². The molecule has 1 N–H and O–H groups in total. The highest BCUT2D eigenvalue weighted by Gasteiger charge is 2.19. The van der Waals surface area contributed by atoms with E-state index in [0.717, 1.165) is 32.6 Å². The van der Waals surface area contributed by atoms with E-state index in [2.05, 4.69) is 9.97 Å². The molecule has 0 saturated carbocycles. The smallest absolute Gasteiger partial charge is 0.339 e. The number of H-pyrrole nitrogens is 1. The lowest BCUT2D eigenvalue weighted by Crippen LogP contribution is -2.09. The summed E-state index contributed by atoms with van der Waals surface area (Å²) < 4.78 is 31.3. The van der Waals surface area contributed by atoms with Gasteiger partial charge >= 0.3 is 10.1 Å². The summed E-state index contributed by atoms with van der Waals surface area (Å²) >= 11 is 0. The summed E-state index contributed by atoms with van der Waals surface area (Å²) in [6.07, 6.45) is 3.41. The van der Waals surface area contributed by atoms with Crippen molar-refractivity contribution in [1.82, 2.24) is 9.97 Å². The van der Waals surface area contributed by atoms with Crippen LogP contribution in [-0.4, -0.2) is 18.4 Å². The number of aromatic amines is 1. The van der Waals surface area contributed by atoms with Crippen LogP contribution in [-0.2, 0) is 10.1 Å². The first-order chi connectivity index (χ1) is 13.1. The standard InChI is InChI=1S/C21H14N2O3S/c24-27(25,26-21-7-3-5-14-4-1-2-6-16(14)21)15-8-9-19-17(12-15)18-13-22-11-10-20(18)23-19/h1-13,23H. The van der Waals surface area contributed by atoms with E-state index < -0.39 is 10.1 Å². The monoisotopic (exact) mass is 374 g/mol. The number of hydrogen-bond donors (Lipinski definition) is 1. The summed E-state index contributed by atoms with van der Waals surface area (Å²) in [5.74, 6) is 0.314. The molecular weight excluding hydrogens is 360 g/mol. The zero-order valence-electron chi connectivity index (χ0n) is 14.1. The molecule has 27 heavy (non-hydrogen) atoms. The van der Waals surface area contributed by atoms with Crippen LogP contribution in [0.25, 0.3) is 32.6 Å². The third-order valence-electron chi connectivity index (χ3n) is 4.61. The van der Waals surface area contributed by atoms with Crippen molar-refractivity contribution < 1.29 is 12.6 Å². The number of pyridine rings is 1. The van der Waals surface area contributed by atoms with E-state index in [0.29, 0.717) is 5.75 Å². The van der Waals surface area contributed by atoms with Crippen molar-refractivity contribution in [3.63, 3.8) is 0 Å². The third kappa shape index (κ3) is 2.62. The molecule has 0 saturated heterocycles. The van der Waals surface area contributed by atoms with Crippen molar-refractivity contribution in [2.75, 3.05) is 0 Å². The number of nitrogens with one attached hydrogen (secondary N) is 1. The highest BCUT2D eigenvalue weighted by molar-refractivity contribution is 7.87. The molecule has 0 fully saturated rings. The zero-order chi connectivity index (χ0) is 18.4. The minimum atomic E-state index is -3.98. The van der Waals surface area contributed by atoms with Gasteiger partial charge in [-0.05, 0) is 35.7 Å². The van der Waals surface area contributed by atoms with E-state index in [9.17, 15) is 8.42 Å². The van der Waals surface area contributed by atoms with Crippen LogP contribution < -0.4 is 4.18 Å². The number of rotatable bonds is 3. The Morgan fingerprint density at radius 2 is 1.63 bits per heavy atom. The predicted octanol–water partition coefficient (Wildman–Crippen LogP) is 4.64. The molecule has 0 aliphatic rings. The Morgan fingerprint density at radius 3 is 2.56 bits per heavy atom. The second kappa shape index (κ2) is 5.82. The molecule has 0 atom stereocenters. The van der Waals surface area contributed by atoms with Gasteiger partial charge in [0.15, 0.2) is 5.75 Å². The average molecular weight is 374 g/mol. The van der Waals surface area contributed by atoms with Gasteiger partial charge in [0.05, 0.1) is 0 Å². The van der Waals surface area contributed by atoms with Crippen LogP contribution in [0.5, 0.6) is 5.75 Å². The largest absolute Gasteiger partial charge is 0.378 e. The number of benzene rings is 3. The SMILES string of the molecule is O=S(=O)(Oc1cccc2ccccc12)c1ccc2[nH]c3ccncc3c2c1. The predicted molar refractivity (Wildman–Crippen MR) is 105 cm³/mol. The molecule has 3 aromatic carbocycles. The van der Waals surface area contributed by atoms with E-state index in [4.69, 9.17) is 4.18 Å². The Bertz CT molecular complexity index is 1420. The molecule has 0 aliphatic carbocycles. The van der Waals surface area contributed by atoms with Gasteiger partial charge in [-0.25, -0.2) is 0 Å². The second-order valence-corrected chi connectivity index (χ2v) is 7.81. The summed E-state index contributed by atoms with van der Waals surface area (Å²) in [5, 5.41) is 3.33. The molecule has 0 unspecified atom stereocenters. The normalized spacial score (nSPS) is 12.0. The van der Waals surface area contributed by atoms with E-state index in [1.54, 1.807) is 42.7 Å². The van der Waals surface area contributed by atoms with Gasteiger partial charge < -0.3 is 9.17 Å². The third-order valence-corrected chi connectivity index (χ3v) is 5.84. The molecular formula is C21H14N2O3S. The fraction of sp³-hybridized carbons (Fsp3) is 0. The average Bonchev–Trinajstić information content (AvgIpc) is 3.06. The first-order valence-electron chi connectivity index (χ1n) is 8.39. The van der Waals surface area contributed by atoms with Crippen molar-refractivity contribution in [3.05, 3.63) is 79.1 Å². The molecule has 5 aromatic rings. The van der Waals surface area contributed by atoms with E-state index in [-0.39, 0.29) is 4.90 Å². The van der Waals surface area contributed by atoms with Crippen molar-refractivity contribution in [2.24, 2.45) is 0 Å². The lowest BCUT2D eigenvalue weighted by atomic mass is 10.1. The van der Waals surface area contributed by atoms with Crippen LogP contribution in [0.1, 0.15) is 0 Å². The van der Waals surface area contributed by atoms with Gasteiger partial charge in [0.1, 0.15) is 4.90 Å². The molecule has 132 valence electrons. The lowest BCUT2D eigenvalue weighted by Gasteiger charge is -2.10. The Morgan fingerprint density at radius 1 is 0.815 bits per heavy atom. The molecule has 2 heterocycles. The van der Waals surface area contributed by atoms with Crippen LogP contribution in [0.3, 0.4) is 0 Å². The van der Waals surface area contributed by atoms with Gasteiger partial charge in [0.25, 0.3) is 0 Å². The maximum Gasteiger partial charge on any atom is 0.339 e. The summed E-state index contributed by atoms with van der Waals surface area (Å²) in [5.41, 5.74) is 1.76. The Labute approximate surface area is 155 Å². The maximum atomic E-state index is 12.9. The van der Waals surface area contributed by atoms with E-state index in [1.807, 2.05) is 36.4 Å². The number of aromatic nitrogens is 2. The highest BCUT2D eigenvalue weighted by atomic mass is 32.2. The maximum absolute atomic E-state index is 12.9.